The lowest BCUT2D eigenvalue weighted by atomic mass is 10.2. The van der Waals surface area contributed by atoms with Crippen LogP contribution < -0.4 is 0 Å². The van der Waals surface area contributed by atoms with E-state index in [0.29, 0.717) is 0 Å². The van der Waals surface area contributed by atoms with E-state index in [-0.39, 0.29) is 11.2 Å². The van der Waals surface area contributed by atoms with Gasteiger partial charge in [-0.25, -0.2) is 18.6 Å². The van der Waals surface area contributed by atoms with Crippen molar-refractivity contribution in [2.45, 2.75) is 13.3 Å². The van der Waals surface area contributed by atoms with Crippen LogP contribution in [0.4, 0.5) is 14.5 Å². The second-order valence-corrected chi connectivity index (χ2v) is 3.76. The molecule has 0 fully saturated rings. The number of rotatable bonds is 4. The molecule has 1 aromatic heterocycles. The van der Waals surface area contributed by atoms with E-state index in [4.69, 9.17) is 0 Å². The van der Waals surface area contributed by atoms with Gasteiger partial charge in [-0.05, 0) is 22.9 Å². The van der Waals surface area contributed by atoms with Gasteiger partial charge in [-0.15, -0.1) is 0 Å². The molecule has 0 N–H and O–H groups in total. The molecular weight excluding hydrogens is 318 g/mol. The summed E-state index contributed by atoms with van der Waals surface area (Å²) in [6.07, 6.45) is -3.04. The maximum Gasteiger partial charge on any atom is 0.340 e. The zero-order valence-electron chi connectivity index (χ0n) is 9.02. The highest BCUT2D eigenvalue weighted by atomic mass is 79.9. The molecule has 0 amide bonds. The number of carbonyl (C=O) groups excluding carboxylic acids is 1. The summed E-state index contributed by atoms with van der Waals surface area (Å²) in [4.78, 5) is 24.5. The van der Waals surface area contributed by atoms with E-state index >= 15 is 0 Å². The molecular formula is C9H7BrF2N2O4. The number of aromatic nitrogens is 1. The molecule has 1 heterocycles. The van der Waals surface area contributed by atoms with Crippen molar-refractivity contribution in [2.24, 2.45) is 0 Å². The predicted octanol–water partition coefficient (Wildman–Crippen LogP) is 2.87. The fourth-order valence-electron chi connectivity index (χ4n) is 1.16. The first-order chi connectivity index (χ1) is 8.38. The highest BCUT2D eigenvalue weighted by molar-refractivity contribution is 9.10. The normalized spacial score (nSPS) is 10.5. The van der Waals surface area contributed by atoms with Gasteiger partial charge in [0.25, 0.3) is 6.43 Å². The van der Waals surface area contributed by atoms with Crippen LogP contribution in [0.2, 0.25) is 0 Å². The molecule has 0 aromatic carbocycles. The van der Waals surface area contributed by atoms with Crippen molar-refractivity contribution < 1.29 is 23.2 Å². The van der Waals surface area contributed by atoms with Crippen LogP contribution in [0.5, 0.6) is 0 Å². The lowest BCUT2D eigenvalue weighted by Crippen LogP contribution is -2.11. The highest BCUT2D eigenvalue weighted by Gasteiger charge is 2.27. The summed E-state index contributed by atoms with van der Waals surface area (Å²) >= 11 is 2.70. The van der Waals surface area contributed by atoms with Crippen molar-refractivity contribution >= 4 is 27.6 Å². The maximum absolute atomic E-state index is 12.7. The molecule has 9 heteroatoms. The topological polar surface area (TPSA) is 82.3 Å². The number of hydrogen-bond acceptors (Lipinski definition) is 5. The number of nitrogens with zero attached hydrogens (tertiary/aromatic N) is 2. The second kappa shape index (κ2) is 5.80. The second-order valence-electron chi connectivity index (χ2n) is 3.01. The SMILES string of the molecule is CCOC(=O)c1cc([N+](=O)[O-])c(Br)nc1C(F)F. The zero-order valence-corrected chi connectivity index (χ0v) is 10.6. The van der Waals surface area contributed by atoms with Crippen molar-refractivity contribution in [1.29, 1.82) is 0 Å². The number of nitro groups is 1. The summed E-state index contributed by atoms with van der Waals surface area (Å²) in [7, 11) is 0. The molecule has 1 rings (SSSR count). The van der Waals surface area contributed by atoms with Gasteiger partial charge in [0.05, 0.1) is 17.1 Å². The Bertz CT molecular complexity index is 496. The van der Waals surface area contributed by atoms with Gasteiger partial charge in [0.1, 0.15) is 5.69 Å². The van der Waals surface area contributed by atoms with Gasteiger partial charge in [0.15, 0.2) is 4.60 Å². The van der Waals surface area contributed by atoms with Gasteiger partial charge in [0, 0.05) is 6.07 Å². The molecule has 0 aliphatic heterocycles. The average Bonchev–Trinajstić information content (AvgIpc) is 2.28. The summed E-state index contributed by atoms with van der Waals surface area (Å²) in [5.74, 6) is -1.07. The molecule has 0 saturated heterocycles. The van der Waals surface area contributed by atoms with Crippen LogP contribution >= 0.6 is 15.9 Å². The van der Waals surface area contributed by atoms with E-state index in [2.05, 4.69) is 25.7 Å². The highest BCUT2D eigenvalue weighted by Crippen LogP contribution is 2.30. The fourth-order valence-corrected chi connectivity index (χ4v) is 1.61. The Morgan fingerprint density at radius 3 is 2.72 bits per heavy atom. The molecule has 0 spiro atoms. The van der Waals surface area contributed by atoms with E-state index in [1.54, 1.807) is 0 Å². The van der Waals surface area contributed by atoms with Gasteiger partial charge in [-0.1, -0.05) is 0 Å². The van der Waals surface area contributed by atoms with Gasteiger partial charge < -0.3 is 4.74 Å². The number of carbonyl (C=O) groups is 1. The molecule has 0 aliphatic rings. The lowest BCUT2D eigenvalue weighted by Gasteiger charge is -2.08. The summed E-state index contributed by atoms with van der Waals surface area (Å²) in [5, 5.41) is 10.6. The first kappa shape index (κ1) is 14.4. The molecule has 6 nitrogen and oxygen atoms in total. The van der Waals surface area contributed by atoms with Gasteiger partial charge >= 0.3 is 11.7 Å². The van der Waals surface area contributed by atoms with Crippen LogP contribution in [0, 0.1) is 10.1 Å². The third-order valence-electron chi connectivity index (χ3n) is 1.89. The van der Waals surface area contributed by atoms with Crippen LogP contribution in [0.25, 0.3) is 0 Å². The van der Waals surface area contributed by atoms with Crippen LogP contribution in [0.3, 0.4) is 0 Å². The Kier molecular flexibility index (Phi) is 4.65. The van der Waals surface area contributed by atoms with Gasteiger partial charge in [-0.2, -0.15) is 0 Å². The monoisotopic (exact) mass is 324 g/mol. The molecule has 0 atom stereocenters. The van der Waals surface area contributed by atoms with Crippen LogP contribution in [-0.4, -0.2) is 22.5 Å². The molecule has 0 radical (unpaired) electrons. The minimum absolute atomic E-state index is 0.0363. The Morgan fingerprint density at radius 1 is 1.67 bits per heavy atom. The number of esters is 1. The lowest BCUT2D eigenvalue weighted by molar-refractivity contribution is -0.386. The van der Waals surface area contributed by atoms with Crippen LogP contribution in [-0.2, 0) is 4.74 Å². The zero-order chi connectivity index (χ0) is 13.9. The number of pyridine rings is 1. The van der Waals surface area contributed by atoms with Crippen LogP contribution in [0.15, 0.2) is 10.7 Å². The number of ether oxygens (including phenoxy) is 1. The van der Waals surface area contributed by atoms with Gasteiger partial charge in [-0.3, -0.25) is 10.1 Å². The van der Waals surface area contributed by atoms with E-state index < -0.39 is 34.3 Å². The van der Waals surface area contributed by atoms with Crippen molar-refractivity contribution in [1.82, 2.24) is 4.98 Å². The third kappa shape index (κ3) is 2.97. The summed E-state index contributed by atoms with van der Waals surface area (Å²) < 4.78 is 29.5. The number of halogens is 3. The van der Waals surface area contributed by atoms with Crippen molar-refractivity contribution in [3.63, 3.8) is 0 Å². The molecule has 0 aliphatic carbocycles. The minimum atomic E-state index is -3.04. The Balaban J connectivity index is 3.40. The molecule has 0 saturated carbocycles. The Labute approximate surface area is 108 Å². The summed E-state index contributed by atoms with van der Waals surface area (Å²) in [6, 6.07) is 0.719. The molecule has 98 valence electrons. The van der Waals surface area contributed by atoms with E-state index in [9.17, 15) is 23.7 Å². The average molecular weight is 325 g/mol. The Hall–Kier alpha value is -1.64. The number of hydrogen-bond donors (Lipinski definition) is 0. The van der Waals surface area contributed by atoms with Crippen molar-refractivity contribution in [2.75, 3.05) is 6.61 Å². The van der Waals surface area contributed by atoms with Gasteiger partial charge in [0.2, 0.25) is 0 Å². The molecule has 1 aromatic rings. The smallest absolute Gasteiger partial charge is 0.340 e. The molecule has 18 heavy (non-hydrogen) atoms. The first-order valence-electron chi connectivity index (χ1n) is 4.68. The first-order valence-corrected chi connectivity index (χ1v) is 5.47. The van der Waals surface area contributed by atoms with Crippen LogP contribution in [0.1, 0.15) is 29.4 Å². The third-order valence-corrected chi connectivity index (χ3v) is 2.47. The summed E-state index contributed by atoms with van der Waals surface area (Å²) in [5.41, 5.74) is -2.05. The van der Waals surface area contributed by atoms with Crippen molar-refractivity contribution in [3.8, 4) is 0 Å². The summed E-state index contributed by atoms with van der Waals surface area (Å²) in [6.45, 7) is 1.45. The number of alkyl halides is 2. The maximum atomic E-state index is 12.7. The minimum Gasteiger partial charge on any atom is -0.462 e. The largest absolute Gasteiger partial charge is 0.462 e. The van der Waals surface area contributed by atoms with E-state index in [1.165, 1.54) is 6.92 Å². The Morgan fingerprint density at radius 2 is 2.28 bits per heavy atom. The quantitative estimate of drug-likeness (QED) is 0.368. The van der Waals surface area contributed by atoms with Crippen molar-refractivity contribution in [3.05, 3.63) is 32.0 Å². The molecule has 0 bridgehead atoms. The van der Waals surface area contributed by atoms with E-state index in [1.807, 2.05) is 0 Å². The predicted molar refractivity (Wildman–Crippen MR) is 59.5 cm³/mol. The van der Waals surface area contributed by atoms with E-state index in [0.717, 1.165) is 6.07 Å². The standard InChI is InChI=1S/C9H7BrF2N2O4/c1-2-18-9(15)4-3-5(14(16)17)7(10)13-6(4)8(11)12/h3,8H,2H2,1H3. The fraction of sp³-hybridized carbons (Fsp3) is 0.333. The molecule has 0 unspecified atom stereocenters.